The van der Waals surface area contributed by atoms with Crippen molar-refractivity contribution in [3.63, 3.8) is 0 Å². The number of nitrogens with one attached hydrogen (secondary N) is 1. The van der Waals surface area contributed by atoms with Gasteiger partial charge in [-0.05, 0) is 37.5 Å². The maximum atomic E-state index is 13.3. The fraction of sp³-hybridized carbons (Fsp3) is 0.556. The number of rotatable bonds is 3. The van der Waals surface area contributed by atoms with E-state index in [0.29, 0.717) is 35.2 Å². The number of alkyl halides is 2. The lowest BCUT2D eigenvalue weighted by Gasteiger charge is -2.31. The number of fused-ring (bicyclic) bond motifs is 1. The van der Waals surface area contributed by atoms with Crippen molar-refractivity contribution in [1.29, 1.82) is 0 Å². The van der Waals surface area contributed by atoms with Gasteiger partial charge < -0.3 is 14.6 Å². The predicted octanol–water partition coefficient (Wildman–Crippen LogP) is 4.00. The molecule has 5 nitrogen and oxygen atoms in total. The van der Waals surface area contributed by atoms with E-state index in [1.165, 1.54) is 0 Å². The minimum Gasteiger partial charge on any atom is -0.423 e. The molecule has 0 radical (unpaired) electrons. The first-order valence-corrected chi connectivity index (χ1v) is 9.27. The molecule has 0 bridgehead atoms. The Kier molecular flexibility index (Phi) is 4.50. The maximum Gasteiger partial charge on any atom is 0.298 e. The molecule has 2 aromatic rings. The fourth-order valence-electron chi connectivity index (χ4n) is 3.73. The van der Waals surface area contributed by atoms with Crippen LogP contribution in [0.25, 0.3) is 11.1 Å². The molecule has 1 amide bonds. The Morgan fingerprint density at radius 3 is 2.77 bits per heavy atom. The van der Waals surface area contributed by atoms with Gasteiger partial charge in [0, 0.05) is 42.9 Å². The molecule has 8 heteroatoms. The number of hydrogen-bond acceptors (Lipinski definition) is 4. The van der Waals surface area contributed by atoms with Gasteiger partial charge in [0.2, 0.25) is 11.8 Å². The molecule has 2 aliphatic rings. The molecule has 1 unspecified atom stereocenters. The highest BCUT2D eigenvalue weighted by molar-refractivity contribution is 6.31. The number of halogens is 3. The van der Waals surface area contributed by atoms with Gasteiger partial charge in [-0.15, -0.1) is 0 Å². The predicted molar refractivity (Wildman–Crippen MR) is 94.7 cm³/mol. The number of nitrogens with zero attached hydrogens (tertiary/aromatic N) is 2. The van der Waals surface area contributed by atoms with Crippen molar-refractivity contribution in [3.8, 4) is 0 Å². The molecule has 1 atom stereocenters. The van der Waals surface area contributed by atoms with E-state index >= 15 is 0 Å². The van der Waals surface area contributed by atoms with Crippen molar-refractivity contribution >= 4 is 34.6 Å². The van der Waals surface area contributed by atoms with E-state index in [1.807, 2.05) is 4.90 Å². The molecular formula is C18H20ClF2N3O2. The molecule has 1 aromatic carbocycles. The molecular weight excluding hydrogens is 364 g/mol. The van der Waals surface area contributed by atoms with Gasteiger partial charge in [-0.1, -0.05) is 11.6 Å². The van der Waals surface area contributed by atoms with Crippen LogP contribution in [0.5, 0.6) is 0 Å². The summed E-state index contributed by atoms with van der Waals surface area (Å²) in [7, 11) is 0. The summed E-state index contributed by atoms with van der Waals surface area (Å²) >= 11 is 5.97. The summed E-state index contributed by atoms with van der Waals surface area (Å²) < 4.78 is 32.3. The molecule has 1 saturated heterocycles. The van der Waals surface area contributed by atoms with Gasteiger partial charge in [0.05, 0.1) is 0 Å². The van der Waals surface area contributed by atoms with E-state index in [0.717, 1.165) is 12.8 Å². The lowest BCUT2D eigenvalue weighted by Crippen LogP contribution is -2.46. The van der Waals surface area contributed by atoms with Crippen molar-refractivity contribution in [1.82, 2.24) is 10.3 Å². The van der Waals surface area contributed by atoms with Gasteiger partial charge in [-0.3, -0.25) is 4.79 Å². The molecule has 0 spiro atoms. The topological polar surface area (TPSA) is 58.4 Å². The van der Waals surface area contributed by atoms with Crippen molar-refractivity contribution in [2.45, 2.75) is 44.1 Å². The van der Waals surface area contributed by atoms with E-state index in [-0.39, 0.29) is 31.2 Å². The Morgan fingerprint density at radius 2 is 2.08 bits per heavy atom. The molecule has 1 aromatic heterocycles. The first-order chi connectivity index (χ1) is 12.4. The van der Waals surface area contributed by atoms with Gasteiger partial charge in [0.15, 0.2) is 5.58 Å². The van der Waals surface area contributed by atoms with Gasteiger partial charge in [-0.2, -0.15) is 4.98 Å². The zero-order chi connectivity index (χ0) is 18.3. The van der Waals surface area contributed by atoms with Crippen molar-refractivity contribution in [2.75, 3.05) is 18.0 Å². The number of carbonyl (C=O) groups is 1. The molecule has 4 rings (SSSR count). The summed E-state index contributed by atoms with van der Waals surface area (Å²) in [5.41, 5.74) is 1.40. The highest BCUT2D eigenvalue weighted by Crippen LogP contribution is 2.39. The monoisotopic (exact) mass is 383 g/mol. The maximum absolute atomic E-state index is 13.3. The summed E-state index contributed by atoms with van der Waals surface area (Å²) in [5.74, 6) is -3.50. The van der Waals surface area contributed by atoms with Gasteiger partial charge >= 0.3 is 0 Å². The molecule has 2 fully saturated rings. The number of amides is 1. The van der Waals surface area contributed by atoms with Gasteiger partial charge in [0.1, 0.15) is 5.52 Å². The molecule has 1 aliphatic carbocycles. The third kappa shape index (κ3) is 3.63. The second kappa shape index (κ2) is 6.68. The molecule has 26 heavy (non-hydrogen) atoms. The first-order valence-electron chi connectivity index (χ1n) is 8.89. The third-order valence-electron chi connectivity index (χ3n) is 5.22. The lowest BCUT2D eigenvalue weighted by molar-refractivity contribution is -0.126. The van der Waals surface area contributed by atoms with Gasteiger partial charge in [0.25, 0.3) is 6.01 Å². The number of oxazole rings is 1. The van der Waals surface area contributed by atoms with Crippen LogP contribution in [0.2, 0.25) is 5.02 Å². The number of hydrogen-bond donors (Lipinski definition) is 1. The summed E-state index contributed by atoms with van der Waals surface area (Å²) in [6, 6.07) is 5.86. The lowest BCUT2D eigenvalue weighted by atomic mass is 10.0. The molecule has 140 valence electrons. The Morgan fingerprint density at radius 1 is 1.31 bits per heavy atom. The third-order valence-corrected chi connectivity index (χ3v) is 5.46. The largest absolute Gasteiger partial charge is 0.423 e. The summed E-state index contributed by atoms with van der Waals surface area (Å²) in [5, 5.41) is 3.54. The van der Waals surface area contributed by atoms with Crippen LogP contribution in [0.3, 0.4) is 0 Å². The number of anilines is 1. The van der Waals surface area contributed by atoms with Crippen LogP contribution in [0.1, 0.15) is 32.1 Å². The number of aromatic nitrogens is 1. The number of carbonyl (C=O) groups excluding carboxylic acids is 1. The zero-order valence-corrected chi connectivity index (χ0v) is 14.9. The number of benzene rings is 1. The average Bonchev–Trinajstić information content (AvgIpc) is 3.18. The van der Waals surface area contributed by atoms with Gasteiger partial charge in [-0.25, -0.2) is 8.78 Å². The molecule has 1 N–H and O–H groups in total. The minimum absolute atomic E-state index is 0.00629. The van der Waals surface area contributed by atoms with Crippen molar-refractivity contribution in [2.24, 2.45) is 5.92 Å². The van der Waals surface area contributed by atoms with E-state index in [2.05, 4.69) is 10.3 Å². The normalized spacial score (nSPS) is 23.5. The van der Waals surface area contributed by atoms with E-state index < -0.39 is 11.8 Å². The van der Waals surface area contributed by atoms with Crippen LogP contribution >= 0.6 is 11.6 Å². The van der Waals surface area contributed by atoms with E-state index in [4.69, 9.17) is 16.0 Å². The summed E-state index contributed by atoms with van der Waals surface area (Å²) in [6.07, 6.45) is 1.21. The highest BCUT2D eigenvalue weighted by atomic mass is 35.5. The molecule has 1 saturated carbocycles. The standard InChI is InChI=1S/C18H20ClF2N3O2/c19-12-1-2-15-14(9-12)23-17(26-15)24-7-4-13(5-8-24)22-16(25)11-3-6-18(20,21)10-11/h1-2,9,11,13H,3-8,10H2,(H,22,25). The first kappa shape index (κ1) is 17.5. The van der Waals surface area contributed by atoms with Crippen LogP contribution in [-0.2, 0) is 4.79 Å². The molecule has 1 aliphatic heterocycles. The Labute approximate surface area is 154 Å². The van der Waals surface area contributed by atoms with Crippen LogP contribution in [0.15, 0.2) is 22.6 Å². The smallest absolute Gasteiger partial charge is 0.298 e. The van der Waals surface area contributed by atoms with Crippen LogP contribution < -0.4 is 10.2 Å². The fourth-order valence-corrected chi connectivity index (χ4v) is 3.90. The van der Waals surface area contributed by atoms with Crippen molar-refractivity contribution in [3.05, 3.63) is 23.2 Å². The van der Waals surface area contributed by atoms with E-state index in [1.54, 1.807) is 18.2 Å². The quantitative estimate of drug-likeness (QED) is 0.870. The van der Waals surface area contributed by atoms with E-state index in [9.17, 15) is 13.6 Å². The Balaban J connectivity index is 1.33. The Bertz CT molecular complexity index is 818. The SMILES string of the molecule is O=C(NC1CCN(c2nc3cc(Cl)ccc3o2)CC1)C1CCC(F)(F)C1. The highest BCUT2D eigenvalue weighted by Gasteiger charge is 2.42. The minimum atomic E-state index is -2.69. The van der Waals surface area contributed by atoms with Crippen LogP contribution in [0.4, 0.5) is 14.8 Å². The molecule has 2 heterocycles. The summed E-state index contributed by atoms with van der Waals surface area (Å²) in [4.78, 5) is 18.7. The summed E-state index contributed by atoms with van der Waals surface area (Å²) in [6.45, 7) is 1.37. The average molecular weight is 384 g/mol. The Hall–Kier alpha value is -1.89. The number of piperidine rings is 1. The zero-order valence-electron chi connectivity index (χ0n) is 14.2. The second-order valence-electron chi connectivity index (χ2n) is 7.17. The van der Waals surface area contributed by atoms with Crippen LogP contribution in [-0.4, -0.2) is 35.9 Å². The second-order valence-corrected chi connectivity index (χ2v) is 7.61. The van der Waals surface area contributed by atoms with Crippen molar-refractivity contribution < 1.29 is 18.0 Å². The van der Waals surface area contributed by atoms with Crippen LogP contribution in [0, 0.1) is 5.92 Å².